The number of imide groups is 1. The van der Waals surface area contributed by atoms with Crippen LogP contribution in [0, 0.1) is 0 Å². The number of rotatable bonds is 14. The zero-order chi connectivity index (χ0) is 28.4. The minimum Gasteiger partial charge on any atom is -0.461 e. The lowest BCUT2D eigenvalue weighted by atomic mass is 10.1. The van der Waals surface area contributed by atoms with Crippen molar-refractivity contribution in [1.29, 1.82) is 0 Å². The monoisotopic (exact) mass is 538 g/mol. The van der Waals surface area contributed by atoms with Gasteiger partial charge in [0.25, 0.3) is 11.8 Å². The molecule has 0 aromatic heterocycles. The maximum absolute atomic E-state index is 12.5. The predicted octanol–water partition coefficient (Wildman–Crippen LogP) is 0.298. The lowest BCUT2D eigenvalue weighted by molar-refractivity contribution is -0.145. The summed E-state index contributed by atoms with van der Waals surface area (Å²) in [6.07, 6.45) is -0.224. The second-order valence-electron chi connectivity index (χ2n) is 8.80. The molecule has 0 bridgehead atoms. The highest BCUT2D eigenvalue weighted by Gasteiger charge is 2.34. The molecular weight excluding hydrogens is 508 g/mol. The van der Waals surface area contributed by atoms with Gasteiger partial charge in [0.15, 0.2) is 0 Å². The molecule has 39 heavy (non-hydrogen) atoms. The molecule has 0 saturated heterocycles. The topological polar surface area (TPSA) is 174 Å². The Hall–Kier alpha value is -4.58. The molecule has 2 aromatic carbocycles. The van der Waals surface area contributed by atoms with E-state index in [-0.39, 0.29) is 32.6 Å². The second kappa shape index (κ2) is 13.8. The summed E-state index contributed by atoms with van der Waals surface area (Å²) >= 11 is 0. The van der Waals surface area contributed by atoms with Crippen molar-refractivity contribution in [1.82, 2.24) is 15.5 Å². The van der Waals surface area contributed by atoms with E-state index in [0.717, 1.165) is 10.5 Å². The molecule has 2 aromatic rings. The molecule has 0 fully saturated rings. The van der Waals surface area contributed by atoms with Crippen LogP contribution in [0.3, 0.4) is 0 Å². The number of hydrogen-bond donors (Lipinski definition) is 3. The highest BCUT2D eigenvalue weighted by molar-refractivity contribution is 6.21. The van der Waals surface area contributed by atoms with Crippen molar-refractivity contribution < 1.29 is 38.2 Å². The van der Waals surface area contributed by atoms with Crippen LogP contribution in [-0.2, 0) is 35.3 Å². The second-order valence-corrected chi connectivity index (χ2v) is 8.80. The lowest BCUT2D eigenvalue weighted by Gasteiger charge is -2.19. The van der Waals surface area contributed by atoms with E-state index >= 15 is 0 Å². The number of benzene rings is 2. The predicted molar refractivity (Wildman–Crippen MR) is 137 cm³/mol. The molecule has 0 aliphatic carbocycles. The number of nitrogens with zero attached hydrogens (tertiary/aromatic N) is 1. The van der Waals surface area contributed by atoms with E-state index in [4.69, 9.17) is 15.2 Å². The third kappa shape index (κ3) is 8.20. The Morgan fingerprint density at radius 3 is 2.15 bits per heavy atom. The van der Waals surface area contributed by atoms with Crippen LogP contribution in [0.2, 0.25) is 0 Å². The first kappa shape index (κ1) is 29.0. The molecule has 0 radical (unpaired) electrons. The number of hydrogen-bond acceptors (Lipinski definition) is 8. The maximum atomic E-state index is 12.5. The Labute approximate surface area is 224 Å². The summed E-state index contributed by atoms with van der Waals surface area (Å²) in [4.78, 5) is 74.1. The summed E-state index contributed by atoms with van der Waals surface area (Å²) in [7, 11) is 0. The van der Waals surface area contributed by atoms with Crippen LogP contribution in [0.15, 0.2) is 54.6 Å². The largest absolute Gasteiger partial charge is 0.461 e. The molecule has 4 N–H and O–H groups in total. The molecule has 0 unspecified atom stereocenters. The van der Waals surface area contributed by atoms with Crippen molar-refractivity contribution in [2.24, 2.45) is 5.73 Å². The molecule has 1 aliphatic rings. The molecule has 12 heteroatoms. The number of carbonyl (C=O) groups is 6. The maximum Gasteiger partial charge on any atom is 0.306 e. The molecule has 3 rings (SSSR count). The minimum absolute atomic E-state index is 0.0380. The minimum atomic E-state index is -1.14. The molecule has 1 aliphatic heterocycles. The van der Waals surface area contributed by atoms with E-state index in [1.165, 1.54) is 6.92 Å². The van der Waals surface area contributed by atoms with Gasteiger partial charge in [0.1, 0.15) is 25.3 Å². The van der Waals surface area contributed by atoms with E-state index in [1.807, 2.05) is 18.2 Å². The van der Waals surface area contributed by atoms with Crippen molar-refractivity contribution in [3.8, 4) is 0 Å². The Morgan fingerprint density at radius 1 is 0.923 bits per heavy atom. The van der Waals surface area contributed by atoms with Crippen LogP contribution >= 0.6 is 0 Å². The van der Waals surface area contributed by atoms with Gasteiger partial charge in [0, 0.05) is 6.42 Å². The zero-order valence-electron chi connectivity index (χ0n) is 21.4. The highest BCUT2D eigenvalue weighted by atomic mass is 16.5. The molecule has 1 heterocycles. The summed E-state index contributed by atoms with van der Waals surface area (Å²) in [5, 5.41) is 4.84. The third-order valence-corrected chi connectivity index (χ3v) is 5.88. The van der Waals surface area contributed by atoms with Crippen LogP contribution in [0.4, 0.5) is 0 Å². The Balaban J connectivity index is 1.35. The van der Waals surface area contributed by atoms with E-state index in [2.05, 4.69) is 10.6 Å². The fourth-order valence-corrected chi connectivity index (χ4v) is 3.77. The molecular formula is C27H30N4O8. The summed E-state index contributed by atoms with van der Waals surface area (Å²) in [6, 6.07) is 13.3. The Bertz CT molecular complexity index is 1200. The number of nitrogens with one attached hydrogen (secondary N) is 2. The lowest BCUT2D eigenvalue weighted by Crippen LogP contribution is -2.52. The Kier molecular flexibility index (Phi) is 10.3. The van der Waals surface area contributed by atoms with Gasteiger partial charge >= 0.3 is 5.97 Å². The van der Waals surface area contributed by atoms with E-state index < -0.39 is 54.2 Å². The van der Waals surface area contributed by atoms with Gasteiger partial charge in [-0.2, -0.15) is 0 Å². The molecule has 5 amide bonds. The van der Waals surface area contributed by atoms with Gasteiger partial charge in [0.2, 0.25) is 17.7 Å². The highest BCUT2D eigenvalue weighted by Crippen LogP contribution is 2.21. The van der Waals surface area contributed by atoms with Crippen molar-refractivity contribution in [2.45, 2.75) is 38.5 Å². The first-order chi connectivity index (χ1) is 18.7. The van der Waals surface area contributed by atoms with Crippen LogP contribution < -0.4 is 16.4 Å². The number of carbonyl (C=O) groups excluding carboxylic acids is 6. The van der Waals surface area contributed by atoms with Crippen molar-refractivity contribution in [3.63, 3.8) is 0 Å². The summed E-state index contributed by atoms with van der Waals surface area (Å²) in [5.74, 6) is -3.56. The van der Waals surface area contributed by atoms with Gasteiger partial charge in [-0.1, -0.05) is 42.5 Å². The van der Waals surface area contributed by atoms with Gasteiger partial charge in [-0.15, -0.1) is 0 Å². The van der Waals surface area contributed by atoms with Crippen molar-refractivity contribution in [2.75, 3.05) is 19.8 Å². The van der Waals surface area contributed by atoms with E-state index in [9.17, 15) is 28.8 Å². The molecule has 12 nitrogen and oxygen atoms in total. The fourth-order valence-electron chi connectivity index (χ4n) is 3.77. The molecule has 0 spiro atoms. The van der Waals surface area contributed by atoms with Gasteiger partial charge in [-0.05, 0) is 31.0 Å². The summed E-state index contributed by atoms with van der Waals surface area (Å²) < 4.78 is 10.4. The van der Waals surface area contributed by atoms with E-state index in [0.29, 0.717) is 11.1 Å². The number of nitrogens with two attached hydrogens (primary N) is 1. The fraction of sp³-hybridized carbons (Fsp3) is 0.333. The van der Waals surface area contributed by atoms with Crippen LogP contribution in [-0.4, -0.2) is 72.2 Å². The normalized spacial score (nSPS) is 13.8. The molecule has 2 atom stereocenters. The zero-order valence-corrected chi connectivity index (χ0v) is 21.4. The van der Waals surface area contributed by atoms with Gasteiger partial charge in [-0.3, -0.25) is 33.7 Å². The summed E-state index contributed by atoms with van der Waals surface area (Å²) in [5.41, 5.74) is 6.80. The standard InChI is InChI=1S/C27H30N4O8/c1-17(25(35)30-21(24(28)34)11-12-23(33)39-15-18-7-3-2-4-8-18)29-22(32)16-38-14-13-31-26(36)19-9-5-6-10-20(19)27(31)37/h2-10,17,21H,11-16H2,1H3,(H2,28,34)(H,29,32)(H,30,35)/t17-,21+/m0/s1. The third-order valence-electron chi connectivity index (χ3n) is 5.88. The number of ether oxygens (including phenoxy) is 2. The average Bonchev–Trinajstić information content (AvgIpc) is 3.17. The quantitative estimate of drug-likeness (QED) is 0.175. The van der Waals surface area contributed by atoms with Gasteiger partial charge < -0.3 is 25.8 Å². The number of esters is 1. The first-order valence-electron chi connectivity index (χ1n) is 12.3. The van der Waals surface area contributed by atoms with Crippen molar-refractivity contribution in [3.05, 3.63) is 71.3 Å². The average molecular weight is 539 g/mol. The number of amides is 5. The number of primary amides is 1. The van der Waals surface area contributed by atoms with Crippen LogP contribution in [0.5, 0.6) is 0 Å². The van der Waals surface area contributed by atoms with Crippen LogP contribution in [0.25, 0.3) is 0 Å². The van der Waals surface area contributed by atoms with Crippen LogP contribution in [0.1, 0.15) is 46.0 Å². The molecule has 0 saturated carbocycles. The first-order valence-corrected chi connectivity index (χ1v) is 12.3. The van der Waals surface area contributed by atoms with Crippen molar-refractivity contribution >= 4 is 35.5 Å². The molecule has 206 valence electrons. The van der Waals surface area contributed by atoms with Gasteiger partial charge in [-0.25, -0.2) is 0 Å². The SMILES string of the molecule is C[C@H](NC(=O)COCCN1C(=O)c2ccccc2C1=O)C(=O)N[C@H](CCC(=O)OCc1ccccc1)C(N)=O. The van der Waals surface area contributed by atoms with E-state index in [1.54, 1.807) is 36.4 Å². The number of fused-ring (bicyclic) bond motifs is 1. The summed E-state index contributed by atoms with van der Waals surface area (Å²) in [6.45, 7) is 0.940. The smallest absolute Gasteiger partial charge is 0.306 e. The van der Waals surface area contributed by atoms with Gasteiger partial charge in [0.05, 0.1) is 24.3 Å². The Morgan fingerprint density at radius 2 is 1.54 bits per heavy atom.